The summed E-state index contributed by atoms with van der Waals surface area (Å²) in [7, 11) is 0. The monoisotopic (exact) mass is 400 g/mol. The first kappa shape index (κ1) is 20.2. The Hall–Kier alpha value is -1.54. The average molecular weight is 400 g/mol. The third-order valence-corrected chi connectivity index (χ3v) is 5.94. The molecular formula is C19H26F2N2O3S. The van der Waals surface area contributed by atoms with E-state index < -0.39 is 12.2 Å². The number of fused-ring (bicyclic) bond motifs is 2. The van der Waals surface area contributed by atoms with E-state index in [1.165, 1.54) is 0 Å². The molecule has 2 heterocycles. The number of hydrogen-bond donors (Lipinski definition) is 1. The lowest BCUT2D eigenvalue weighted by atomic mass is 10.00. The van der Waals surface area contributed by atoms with Crippen LogP contribution in [0.5, 0.6) is 5.75 Å². The van der Waals surface area contributed by atoms with Crippen LogP contribution in [0.15, 0.2) is 29.2 Å². The highest BCUT2D eigenvalue weighted by atomic mass is 32.2. The van der Waals surface area contributed by atoms with Crippen LogP contribution in [0.4, 0.5) is 13.6 Å². The number of carbonyl (C=O) groups is 1. The maximum Gasteiger partial charge on any atom is 0.407 e. The first-order valence-corrected chi connectivity index (χ1v) is 9.97. The zero-order valence-electron chi connectivity index (χ0n) is 15.8. The van der Waals surface area contributed by atoms with Gasteiger partial charge in [-0.3, -0.25) is 0 Å². The Bertz CT molecular complexity index is 637. The summed E-state index contributed by atoms with van der Waals surface area (Å²) in [5.74, 6) is 0.164. The number of amides is 1. The lowest BCUT2D eigenvalue weighted by molar-refractivity contribution is -0.0498. The van der Waals surface area contributed by atoms with Crippen LogP contribution < -0.4 is 10.1 Å². The summed E-state index contributed by atoms with van der Waals surface area (Å²) in [6.07, 6.45) is 3.60. The van der Waals surface area contributed by atoms with E-state index in [2.05, 4.69) is 14.4 Å². The van der Waals surface area contributed by atoms with Crippen molar-refractivity contribution in [2.75, 3.05) is 0 Å². The van der Waals surface area contributed by atoms with E-state index in [4.69, 9.17) is 4.74 Å². The first-order chi connectivity index (χ1) is 12.7. The molecule has 5 nitrogen and oxygen atoms in total. The molecule has 0 radical (unpaired) electrons. The van der Waals surface area contributed by atoms with Gasteiger partial charge in [-0.15, -0.1) is 0 Å². The molecule has 2 saturated heterocycles. The molecule has 2 bridgehead atoms. The number of piperidine rings is 1. The predicted molar refractivity (Wildman–Crippen MR) is 100.0 cm³/mol. The largest absolute Gasteiger partial charge is 0.444 e. The predicted octanol–water partition coefficient (Wildman–Crippen LogP) is 4.82. The fourth-order valence-electron chi connectivity index (χ4n) is 3.68. The highest BCUT2D eigenvalue weighted by Gasteiger charge is 2.42. The van der Waals surface area contributed by atoms with Crippen LogP contribution in [0.1, 0.15) is 46.5 Å². The van der Waals surface area contributed by atoms with Crippen LogP contribution >= 0.6 is 11.9 Å². The summed E-state index contributed by atoms with van der Waals surface area (Å²) < 4.78 is 36.6. The Morgan fingerprint density at radius 3 is 2.30 bits per heavy atom. The molecule has 1 N–H and O–H groups in total. The number of nitrogens with one attached hydrogen (secondary N) is 1. The van der Waals surface area contributed by atoms with E-state index in [-0.39, 0.29) is 17.9 Å². The smallest absolute Gasteiger partial charge is 0.407 e. The molecule has 1 amide bonds. The van der Waals surface area contributed by atoms with Gasteiger partial charge in [0.05, 0.1) is 0 Å². The van der Waals surface area contributed by atoms with Crippen molar-refractivity contribution in [3.63, 3.8) is 0 Å². The third kappa shape index (κ3) is 5.72. The van der Waals surface area contributed by atoms with Gasteiger partial charge in [0.1, 0.15) is 11.4 Å². The first-order valence-electron chi connectivity index (χ1n) is 9.20. The van der Waals surface area contributed by atoms with E-state index in [9.17, 15) is 13.6 Å². The lowest BCUT2D eigenvalue weighted by Gasteiger charge is -2.38. The van der Waals surface area contributed by atoms with Crippen molar-refractivity contribution in [1.29, 1.82) is 0 Å². The SMILES string of the molecule is CC(C)(C)OC(=O)NC1CC2CCC(C1)N2Sc1ccc(OC(F)F)cc1. The molecule has 27 heavy (non-hydrogen) atoms. The molecule has 0 saturated carbocycles. The fourth-order valence-corrected chi connectivity index (χ4v) is 4.86. The zero-order valence-corrected chi connectivity index (χ0v) is 16.6. The number of nitrogens with zero attached hydrogens (tertiary/aromatic N) is 1. The van der Waals surface area contributed by atoms with Crippen LogP contribution in [-0.2, 0) is 4.74 Å². The van der Waals surface area contributed by atoms with E-state index in [0.717, 1.165) is 30.6 Å². The highest BCUT2D eigenvalue weighted by Crippen LogP contribution is 2.43. The van der Waals surface area contributed by atoms with Gasteiger partial charge >= 0.3 is 12.7 Å². The van der Waals surface area contributed by atoms with Crippen LogP contribution in [0, 0.1) is 0 Å². The Labute approximate surface area is 162 Å². The van der Waals surface area contributed by atoms with Gasteiger partial charge in [0.15, 0.2) is 0 Å². The Morgan fingerprint density at radius 1 is 1.19 bits per heavy atom. The summed E-state index contributed by atoms with van der Waals surface area (Å²) in [4.78, 5) is 13.0. The normalized spacial score (nSPS) is 25.5. The summed E-state index contributed by atoms with van der Waals surface area (Å²) in [5.41, 5.74) is -0.500. The van der Waals surface area contributed by atoms with Gasteiger partial charge in [-0.1, -0.05) is 0 Å². The Balaban J connectivity index is 1.54. The molecule has 8 heteroatoms. The van der Waals surface area contributed by atoms with Gasteiger partial charge in [0, 0.05) is 23.0 Å². The molecule has 0 spiro atoms. The Kier molecular flexibility index (Phi) is 6.15. The van der Waals surface area contributed by atoms with Crippen LogP contribution in [-0.4, -0.2) is 40.7 Å². The van der Waals surface area contributed by atoms with Gasteiger partial charge in [0.25, 0.3) is 0 Å². The number of alkyl carbamates (subject to hydrolysis) is 1. The van der Waals surface area contributed by atoms with Crippen molar-refractivity contribution in [3.8, 4) is 5.75 Å². The standard InChI is InChI=1S/C19H26F2N2O3S/c1-19(2,3)26-18(24)22-12-10-13-4-5-14(11-12)23(13)27-16-8-6-15(7-9-16)25-17(20)21/h6-9,12-14,17H,4-5,10-11H2,1-3H3,(H,22,24). The minimum absolute atomic E-state index is 0.121. The van der Waals surface area contributed by atoms with Crippen molar-refractivity contribution in [2.24, 2.45) is 0 Å². The second kappa shape index (κ2) is 8.22. The van der Waals surface area contributed by atoms with Crippen molar-refractivity contribution in [2.45, 2.75) is 81.7 Å². The second-order valence-corrected chi connectivity index (χ2v) is 9.08. The molecule has 2 aliphatic rings. The van der Waals surface area contributed by atoms with Crippen molar-refractivity contribution in [3.05, 3.63) is 24.3 Å². The number of ether oxygens (including phenoxy) is 2. The highest BCUT2D eigenvalue weighted by molar-refractivity contribution is 7.97. The van der Waals surface area contributed by atoms with Gasteiger partial charge in [0.2, 0.25) is 0 Å². The molecule has 0 aliphatic carbocycles. The molecule has 2 aliphatic heterocycles. The average Bonchev–Trinajstić information content (AvgIpc) is 2.76. The molecule has 1 aromatic rings. The van der Waals surface area contributed by atoms with Crippen molar-refractivity contribution in [1.82, 2.24) is 9.62 Å². The van der Waals surface area contributed by atoms with Gasteiger partial charge < -0.3 is 14.8 Å². The summed E-state index contributed by atoms with van der Waals surface area (Å²) in [6.45, 7) is 2.75. The number of carbonyl (C=O) groups excluding carboxylic acids is 1. The summed E-state index contributed by atoms with van der Waals surface area (Å²) in [5, 5.41) is 3.00. The zero-order chi connectivity index (χ0) is 19.6. The van der Waals surface area contributed by atoms with E-state index in [1.807, 2.05) is 20.8 Å². The molecule has 0 aromatic heterocycles. The fraction of sp³-hybridized carbons (Fsp3) is 0.632. The minimum Gasteiger partial charge on any atom is -0.444 e. The Morgan fingerprint density at radius 2 is 1.78 bits per heavy atom. The third-order valence-electron chi connectivity index (χ3n) is 4.65. The second-order valence-electron chi connectivity index (χ2n) is 8.00. The number of hydrogen-bond acceptors (Lipinski definition) is 5. The maximum absolute atomic E-state index is 12.2. The van der Waals surface area contributed by atoms with Crippen LogP contribution in [0.3, 0.4) is 0 Å². The number of benzene rings is 1. The molecule has 3 rings (SSSR count). The topological polar surface area (TPSA) is 50.8 Å². The van der Waals surface area contributed by atoms with Crippen LogP contribution in [0.25, 0.3) is 0 Å². The van der Waals surface area contributed by atoms with Gasteiger partial charge in [-0.05, 0) is 82.7 Å². The number of rotatable bonds is 5. The minimum atomic E-state index is -2.81. The number of halogens is 2. The number of alkyl halides is 2. The molecule has 2 unspecified atom stereocenters. The van der Waals surface area contributed by atoms with Crippen LogP contribution in [0.2, 0.25) is 0 Å². The molecule has 1 aromatic carbocycles. The summed E-state index contributed by atoms with van der Waals surface area (Å²) >= 11 is 1.65. The molecular weight excluding hydrogens is 374 g/mol. The van der Waals surface area contributed by atoms with Gasteiger partial charge in [-0.2, -0.15) is 8.78 Å². The van der Waals surface area contributed by atoms with E-state index in [1.54, 1.807) is 36.2 Å². The molecule has 2 fully saturated rings. The summed E-state index contributed by atoms with van der Waals surface area (Å²) in [6, 6.07) is 7.60. The van der Waals surface area contributed by atoms with Crippen molar-refractivity contribution >= 4 is 18.0 Å². The van der Waals surface area contributed by atoms with Crippen molar-refractivity contribution < 1.29 is 23.0 Å². The molecule has 150 valence electrons. The maximum atomic E-state index is 12.2. The lowest BCUT2D eigenvalue weighted by Crippen LogP contribution is -2.48. The molecule has 2 atom stereocenters. The quantitative estimate of drug-likeness (QED) is 0.719. The van der Waals surface area contributed by atoms with E-state index in [0.29, 0.717) is 12.1 Å². The van der Waals surface area contributed by atoms with Gasteiger partial charge in [-0.25, -0.2) is 9.10 Å². The van der Waals surface area contributed by atoms with E-state index >= 15 is 0 Å².